The van der Waals surface area contributed by atoms with Crippen LogP contribution in [0.1, 0.15) is 0 Å². The van der Waals surface area contributed by atoms with E-state index in [4.69, 9.17) is 0 Å². The molecule has 1 aromatic heterocycles. The summed E-state index contributed by atoms with van der Waals surface area (Å²) in [6, 6.07) is 10.9. The number of benzene rings is 2. The molecule has 1 saturated heterocycles. The van der Waals surface area contributed by atoms with E-state index in [1.807, 2.05) is 4.90 Å². The maximum Gasteiger partial charge on any atom is 0.278 e. The van der Waals surface area contributed by atoms with Gasteiger partial charge in [-0.3, -0.25) is 24.8 Å². The first-order chi connectivity index (χ1) is 14.5. The van der Waals surface area contributed by atoms with Crippen LogP contribution in [-0.2, 0) is 4.79 Å². The van der Waals surface area contributed by atoms with Gasteiger partial charge in [-0.05, 0) is 30.3 Å². The van der Waals surface area contributed by atoms with Gasteiger partial charge in [0.1, 0.15) is 5.82 Å². The molecule has 1 aliphatic rings. The van der Waals surface area contributed by atoms with E-state index in [0.29, 0.717) is 37.3 Å². The molecule has 1 amide bonds. The van der Waals surface area contributed by atoms with E-state index < -0.39 is 10.7 Å². The highest BCUT2D eigenvalue weighted by molar-refractivity contribution is 5.99. The quantitative estimate of drug-likeness (QED) is 0.514. The lowest BCUT2D eigenvalue weighted by molar-refractivity contribution is -0.383. The van der Waals surface area contributed by atoms with Crippen molar-refractivity contribution in [1.29, 1.82) is 0 Å². The van der Waals surface area contributed by atoms with Gasteiger partial charge in [-0.1, -0.05) is 6.07 Å². The molecule has 3 aromatic rings. The van der Waals surface area contributed by atoms with Crippen molar-refractivity contribution in [2.24, 2.45) is 0 Å². The van der Waals surface area contributed by atoms with Gasteiger partial charge in [-0.15, -0.1) is 0 Å². The van der Waals surface area contributed by atoms with Crippen LogP contribution in [0.5, 0.6) is 0 Å². The number of rotatable bonds is 5. The Morgan fingerprint density at radius 3 is 2.67 bits per heavy atom. The van der Waals surface area contributed by atoms with Gasteiger partial charge in [0.05, 0.1) is 16.9 Å². The van der Waals surface area contributed by atoms with Crippen LogP contribution in [0.4, 0.5) is 21.5 Å². The molecule has 1 fully saturated rings. The van der Waals surface area contributed by atoms with Crippen LogP contribution in [0.2, 0.25) is 0 Å². The molecule has 0 saturated carbocycles. The molecule has 0 atom stereocenters. The molecule has 0 bridgehead atoms. The number of carbonyl (C=O) groups is 1. The van der Waals surface area contributed by atoms with Crippen molar-refractivity contribution in [3.05, 3.63) is 70.8 Å². The monoisotopic (exact) mass is 409 g/mol. The maximum atomic E-state index is 13.3. The van der Waals surface area contributed by atoms with Gasteiger partial charge < -0.3 is 10.2 Å². The van der Waals surface area contributed by atoms with Gasteiger partial charge in [0, 0.05) is 61.4 Å². The molecule has 8 nitrogen and oxygen atoms in total. The number of carbonyl (C=O) groups excluding carboxylic acids is 1. The number of anilines is 2. The van der Waals surface area contributed by atoms with E-state index in [1.165, 1.54) is 24.4 Å². The van der Waals surface area contributed by atoms with Crippen molar-refractivity contribution < 1.29 is 14.1 Å². The molecule has 0 radical (unpaired) electrons. The number of hydrogen-bond donors (Lipinski definition) is 1. The summed E-state index contributed by atoms with van der Waals surface area (Å²) in [6.07, 6.45) is 3.15. The second-order valence-corrected chi connectivity index (χ2v) is 7.10. The highest BCUT2D eigenvalue weighted by atomic mass is 19.1. The minimum atomic E-state index is -0.400. The van der Waals surface area contributed by atoms with Gasteiger partial charge in [-0.2, -0.15) is 0 Å². The van der Waals surface area contributed by atoms with Crippen molar-refractivity contribution >= 4 is 33.7 Å². The molecule has 1 N–H and O–H groups in total. The van der Waals surface area contributed by atoms with Crippen molar-refractivity contribution in [3.8, 4) is 0 Å². The number of nitro groups is 1. The first-order valence-electron chi connectivity index (χ1n) is 9.55. The zero-order chi connectivity index (χ0) is 21.1. The van der Waals surface area contributed by atoms with Crippen molar-refractivity contribution in [2.45, 2.75) is 0 Å². The number of hydrogen-bond acceptors (Lipinski definition) is 6. The fraction of sp³-hybridized carbons (Fsp3) is 0.238. The number of fused-ring (bicyclic) bond motifs is 1. The number of nitrogens with one attached hydrogen (secondary N) is 1. The molecule has 154 valence electrons. The van der Waals surface area contributed by atoms with E-state index in [-0.39, 0.29) is 18.1 Å². The van der Waals surface area contributed by atoms with Crippen molar-refractivity contribution in [2.75, 3.05) is 42.9 Å². The highest BCUT2D eigenvalue weighted by Gasteiger charge is 2.22. The average molecular weight is 409 g/mol. The van der Waals surface area contributed by atoms with E-state index in [1.54, 1.807) is 30.5 Å². The highest BCUT2D eigenvalue weighted by Crippen LogP contribution is 2.33. The Hall–Kier alpha value is -3.59. The van der Waals surface area contributed by atoms with E-state index >= 15 is 0 Å². The predicted octanol–water partition coefficient (Wildman–Crippen LogP) is 3.04. The van der Waals surface area contributed by atoms with Gasteiger partial charge in [-0.25, -0.2) is 4.39 Å². The first-order valence-corrected chi connectivity index (χ1v) is 9.55. The van der Waals surface area contributed by atoms with Crippen molar-refractivity contribution in [3.63, 3.8) is 0 Å². The smallest absolute Gasteiger partial charge is 0.278 e. The summed E-state index contributed by atoms with van der Waals surface area (Å²) in [5.41, 5.74) is 1.39. The Morgan fingerprint density at radius 1 is 1.13 bits per heavy atom. The second kappa shape index (κ2) is 8.42. The summed E-state index contributed by atoms with van der Waals surface area (Å²) in [5, 5.41) is 15.3. The lowest BCUT2D eigenvalue weighted by Gasteiger charge is -2.36. The lowest BCUT2D eigenvalue weighted by Crippen LogP contribution is -2.48. The summed E-state index contributed by atoms with van der Waals surface area (Å²) < 4.78 is 13.3. The van der Waals surface area contributed by atoms with Crippen LogP contribution in [0.15, 0.2) is 54.9 Å². The molecule has 0 aliphatic carbocycles. The van der Waals surface area contributed by atoms with E-state index in [0.717, 1.165) is 11.1 Å². The number of aromatic nitrogens is 1. The SMILES string of the molecule is O=C(CN1CCN(c2ccc([N+](=O)[O-])c3cnccc23)CC1)Nc1cccc(F)c1. The van der Waals surface area contributed by atoms with Gasteiger partial charge in [0.15, 0.2) is 0 Å². The normalized spacial score (nSPS) is 14.6. The number of nitro benzene ring substituents is 1. The van der Waals surface area contributed by atoms with Crippen LogP contribution >= 0.6 is 0 Å². The van der Waals surface area contributed by atoms with Gasteiger partial charge in [0.2, 0.25) is 5.91 Å². The van der Waals surface area contributed by atoms with Crippen LogP contribution in [-0.4, -0.2) is 53.4 Å². The Kier molecular flexibility index (Phi) is 5.53. The molecule has 30 heavy (non-hydrogen) atoms. The zero-order valence-electron chi connectivity index (χ0n) is 16.1. The fourth-order valence-corrected chi connectivity index (χ4v) is 3.71. The average Bonchev–Trinajstić information content (AvgIpc) is 2.73. The Morgan fingerprint density at radius 2 is 1.93 bits per heavy atom. The minimum absolute atomic E-state index is 0.0366. The van der Waals surface area contributed by atoms with E-state index in [9.17, 15) is 19.3 Å². The Labute approximate surface area is 172 Å². The third-order valence-corrected chi connectivity index (χ3v) is 5.16. The number of amides is 1. The Balaban J connectivity index is 1.41. The maximum absolute atomic E-state index is 13.3. The topological polar surface area (TPSA) is 91.6 Å². The molecule has 0 spiro atoms. The third kappa shape index (κ3) is 4.20. The van der Waals surface area contributed by atoms with Crippen LogP contribution in [0, 0.1) is 15.9 Å². The number of piperazine rings is 1. The molecule has 2 aromatic carbocycles. The minimum Gasteiger partial charge on any atom is -0.368 e. The van der Waals surface area contributed by atoms with Crippen LogP contribution in [0.25, 0.3) is 10.8 Å². The molecule has 4 rings (SSSR count). The summed E-state index contributed by atoms with van der Waals surface area (Å²) in [4.78, 5) is 31.4. The first kappa shape index (κ1) is 19.7. The predicted molar refractivity (Wildman–Crippen MR) is 112 cm³/mol. The van der Waals surface area contributed by atoms with E-state index in [2.05, 4.69) is 15.2 Å². The van der Waals surface area contributed by atoms with Crippen LogP contribution < -0.4 is 10.2 Å². The Bertz CT molecular complexity index is 1100. The standard InChI is InChI=1S/C21H20FN5O3/c22-15-2-1-3-16(12-15)24-21(28)14-25-8-10-26(11-9-25)19-4-5-20(27(29)30)18-13-23-7-6-17(18)19/h1-7,12-13H,8-11,14H2,(H,24,28). The van der Waals surface area contributed by atoms with Gasteiger partial charge >= 0.3 is 0 Å². The summed E-state index contributed by atoms with van der Waals surface area (Å²) in [5.74, 6) is -0.590. The fourth-order valence-electron chi connectivity index (χ4n) is 3.71. The van der Waals surface area contributed by atoms with Crippen LogP contribution in [0.3, 0.4) is 0 Å². The molecular formula is C21H20FN5O3. The molecule has 9 heteroatoms. The molecule has 2 heterocycles. The molecule has 1 aliphatic heterocycles. The number of pyridine rings is 1. The number of non-ortho nitro benzene ring substituents is 1. The van der Waals surface area contributed by atoms with Crippen molar-refractivity contribution in [1.82, 2.24) is 9.88 Å². The molecule has 0 unspecified atom stereocenters. The summed E-state index contributed by atoms with van der Waals surface area (Å²) >= 11 is 0. The second-order valence-electron chi connectivity index (χ2n) is 7.10. The zero-order valence-corrected chi connectivity index (χ0v) is 16.1. The number of nitrogens with zero attached hydrogens (tertiary/aromatic N) is 4. The largest absolute Gasteiger partial charge is 0.368 e. The lowest BCUT2D eigenvalue weighted by atomic mass is 10.1. The molecular weight excluding hydrogens is 389 g/mol. The summed E-state index contributed by atoms with van der Waals surface area (Å²) in [6.45, 7) is 2.92. The number of halogens is 1. The summed E-state index contributed by atoms with van der Waals surface area (Å²) in [7, 11) is 0. The van der Waals surface area contributed by atoms with Gasteiger partial charge in [0.25, 0.3) is 5.69 Å². The third-order valence-electron chi connectivity index (χ3n) is 5.16.